The molecular formula is C20H20N4O4. The standard InChI is InChI=1S/C20H20N4O4/c1-2-24-19(26)14-5-3-4-6-15(14)21-20(24)23-22-18(25)10-8-13-7-9-16-17(11-13)28-12-27-16/h3-7,9,11H,2,8,10,12H2,1H3,(H,21,23)(H,22,25). The minimum absolute atomic E-state index is 0.148. The number of aromatic nitrogens is 2. The number of amides is 1. The van der Waals surface area contributed by atoms with E-state index in [1.54, 1.807) is 18.2 Å². The Kier molecular flexibility index (Phi) is 4.84. The van der Waals surface area contributed by atoms with Gasteiger partial charge in [0.15, 0.2) is 11.5 Å². The molecule has 8 heteroatoms. The van der Waals surface area contributed by atoms with Crippen LogP contribution in [0.4, 0.5) is 5.95 Å². The molecule has 8 nitrogen and oxygen atoms in total. The average molecular weight is 380 g/mol. The Bertz CT molecular complexity index is 1090. The minimum atomic E-state index is -0.206. The Balaban J connectivity index is 1.41. The molecule has 0 spiro atoms. The zero-order chi connectivity index (χ0) is 19.5. The second-order valence-electron chi connectivity index (χ2n) is 6.36. The zero-order valence-electron chi connectivity index (χ0n) is 15.4. The number of hydrogen-bond acceptors (Lipinski definition) is 6. The number of fused-ring (bicyclic) bond motifs is 2. The summed E-state index contributed by atoms with van der Waals surface area (Å²) in [7, 11) is 0. The van der Waals surface area contributed by atoms with Gasteiger partial charge in [0.05, 0.1) is 10.9 Å². The fourth-order valence-corrected chi connectivity index (χ4v) is 3.10. The second kappa shape index (κ2) is 7.59. The molecule has 2 aromatic carbocycles. The maximum absolute atomic E-state index is 12.6. The first-order valence-electron chi connectivity index (χ1n) is 9.08. The monoisotopic (exact) mass is 380 g/mol. The quantitative estimate of drug-likeness (QED) is 0.637. The molecule has 0 saturated heterocycles. The van der Waals surface area contributed by atoms with Crippen LogP contribution in [0, 0.1) is 0 Å². The Morgan fingerprint density at radius 3 is 2.86 bits per heavy atom. The summed E-state index contributed by atoms with van der Waals surface area (Å²) in [6.45, 7) is 2.51. The maximum atomic E-state index is 12.6. The molecule has 3 aromatic rings. The number of nitrogens with zero attached hydrogens (tertiary/aromatic N) is 2. The van der Waals surface area contributed by atoms with Crippen LogP contribution in [0.1, 0.15) is 18.9 Å². The largest absolute Gasteiger partial charge is 0.454 e. The predicted molar refractivity (Wildman–Crippen MR) is 104 cm³/mol. The summed E-state index contributed by atoms with van der Waals surface area (Å²) in [6, 6.07) is 12.8. The van der Waals surface area contributed by atoms with Gasteiger partial charge in [0, 0.05) is 13.0 Å². The van der Waals surface area contributed by atoms with Gasteiger partial charge in [-0.25, -0.2) is 4.98 Å². The molecule has 1 aliphatic rings. The first-order chi connectivity index (χ1) is 13.7. The molecule has 0 radical (unpaired) electrons. The van der Waals surface area contributed by atoms with E-state index >= 15 is 0 Å². The summed E-state index contributed by atoms with van der Waals surface area (Å²) in [5, 5.41) is 0.545. The van der Waals surface area contributed by atoms with Crippen molar-refractivity contribution < 1.29 is 14.3 Å². The van der Waals surface area contributed by atoms with Gasteiger partial charge in [-0.2, -0.15) is 0 Å². The van der Waals surface area contributed by atoms with E-state index in [-0.39, 0.29) is 24.7 Å². The van der Waals surface area contributed by atoms with Gasteiger partial charge in [-0.15, -0.1) is 0 Å². The number of para-hydroxylation sites is 1. The number of benzene rings is 2. The lowest BCUT2D eigenvalue weighted by Crippen LogP contribution is -2.34. The number of ether oxygens (including phenoxy) is 2. The molecule has 1 amide bonds. The molecule has 1 aliphatic heterocycles. The lowest BCUT2D eigenvalue weighted by atomic mass is 10.1. The van der Waals surface area contributed by atoms with Gasteiger partial charge in [0.2, 0.25) is 18.6 Å². The molecule has 2 heterocycles. The molecular weight excluding hydrogens is 360 g/mol. The van der Waals surface area contributed by atoms with E-state index in [0.29, 0.717) is 35.6 Å². The highest BCUT2D eigenvalue weighted by molar-refractivity contribution is 5.80. The highest BCUT2D eigenvalue weighted by Crippen LogP contribution is 2.32. The molecule has 0 aliphatic carbocycles. The Morgan fingerprint density at radius 2 is 2.00 bits per heavy atom. The molecule has 0 bridgehead atoms. The number of anilines is 1. The zero-order valence-corrected chi connectivity index (χ0v) is 15.4. The number of aryl methyl sites for hydroxylation is 1. The van der Waals surface area contributed by atoms with Crippen LogP contribution in [0.25, 0.3) is 10.9 Å². The summed E-state index contributed by atoms with van der Waals surface area (Å²) in [6.07, 6.45) is 0.826. The van der Waals surface area contributed by atoms with E-state index in [2.05, 4.69) is 15.8 Å². The molecule has 0 fully saturated rings. The molecule has 0 unspecified atom stereocenters. The maximum Gasteiger partial charge on any atom is 0.262 e. The summed E-state index contributed by atoms with van der Waals surface area (Å²) in [4.78, 5) is 29.2. The predicted octanol–water partition coefficient (Wildman–Crippen LogP) is 2.22. The van der Waals surface area contributed by atoms with Crippen LogP contribution in [-0.2, 0) is 17.8 Å². The fraction of sp³-hybridized carbons (Fsp3) is 0.250. The van der Waals surface area contributed by atoms with E-state index in [9.17, 15) is 9.59 Å². The van der Waals surface area contributed by atoms with E-state index in [4.69, 9.17) is 9.47 Å². The fourth-order valence-electron chi connectivity index (χ4n) is 3.10. The van der Waals surface area contributed by atoms with Crippen molar-refractivity contribution in [2.45, 2.75) is 26.3 Å². The molecule has 28 heavy (non-hydrogen) atoms. The molecule has 1 aromatic heterocycles. The van der Waals surface area contributed by atoms with E-state index in [1.165, 1.54) is 4.57 Å². The minimum Gasteiger partial charge on any atom is -0.454 e. The van der Waals surface area contributed by atoms with Crippen molar-refractivity contribution in [1.82, 2.24) is 15.0 Å². The molecule has 0 saturated carbocycles. The molecule has 144 valence electrons. The van der Waals surface area contributed by atoms with Crippen LogP contribution >= 0.6 is 0 Å². The van der Waals surface area contributed by atoms with Crippen LogP contribution in [-0.4, -0.2) is 22.3 Å². The molecule has 4 rings (SSSR count). The van der Waals surface area contributed by atoms with Crippen molar-refractivity contribution in [3.8, 4) is 11.5 Å². The smallest absolute Gasteiger partial charge is 0.262 e. The van der Waals surface area contributed by atoms with Crippen molar-refractivity contribution >= 4 is 22.8 Å². The van der Waals surface area contributed by atoms with E-state index in [0.717, 1.165) is 11.3 Å². The molecule has 0 atom stereocenters. The van der Waals surface area contributed by atoms with Crippen molar-refractivity contribution in [3.63, 3.8) is 0 Å². The van der Waals surface area contributed by atoms with Crippen LogP contribution in [0.5, 0.6) is 11.5 Å². The van der Waals surface area contributed by atoms with Crippen LogP contribution in [0.3, 0.4) is 0 Å². The van der Waals surface area contributed by atoms with Gasteiger partial charge in [0.25, 0.3) is 5.56 Å². The normalized spacial score (nSPS) is 12.2. The van der Waals surface area contributed by atoms with Crippen molar-refractivity contribution in [2.75, 3.05) is 12.2 Å². The summed E-state index contributed by atoms with van der Waals surface area (Å²) in [5.74, 6) is 1.52. The first kappa shape index (κ1) is 17.8. The molecule has 2 N–H and O–H groups in total. The van der Waals surface area contributed by atoms with Gasteiger partial charge in [0.1, 0.15) is 0 Å². The number of nitrogens with one attached hydrogen (secondary N) is 2. The highest BCUT2D eigenvalue weighted by Gasteiger charge is 2.14. The lowest BCUT2D eigenvalue weighted by molar-refractivity contribution is -0.120. The van der Waals surface area contributed by atoms with Crippen molar-refractivity contribution in [1.29, 1.82) is 0 Å². The first-order valence-corrected chi connectivity index (χ1v) is 9.08. The van der Waals surface area contributed by atoms with Gasteiger partial charge < -0.3 is 9.47 Å². The van der Waals surface area contributed by atoms with Gasteiger partial charge in [-0.1, -0.05) is 18.2 Å². The van der Waals surface area contributed by atoms with Gasteiger partial charge in [-0.3, -0.25) is 25.0 Å². The number of carbonyl (C=O) groups excluding carboxylic acids is 1. The number of rotatable bonds is 6. The average Bonchev–Trinajstić information content (AvgIpc) is 3.19. The van der Waals surface area contributed by atoms with Crippen LogP contribution in [0.15, 0.2) is 47.3 Å². The topological polar surface area (TPSA) is 94.5 Å². The number of carbonyl (C=O) groups is 1. The van der Waals surface area contributed by atoms with Gasteiger partial charge >= 0.3 is 0 Å². The Morgan fingerprint density at radius 1 is 1.18 bits per heavy atom. The van der Waals surface area contributed by atoms with Crippen molar-refractivity contribution in [3.05, 3.63) is 58.4 Å². The third-order valence-corrected chi connectivity index (χ3v) is 4.57. The highest BCUT2D eigenvalue weighted by atomic mass is 16.7. The summed E-state index contributed by atoms with van der Waals surface area (Å²) in [5.41, 5.74) is 6.81. The summed E-state index contributed by atoms with van der Waals surface area (Å²) < 4.78 is 12.1. The van der Waals surface area contributed by atoms with Crippen LogP contribution < -0.4 is 25.9 Å². The Labute approximate surface area is 161 Å². The Hall–Kier alpha value is -3.55. The number of hydrogen-bond donors (Lipinski definition) is 2. The lowest BCUT2D eigenvalue weighted by Gasteiger charge is -2.14. The van der Waals surface area contributed by atoms with E-state index in [1.807, 2.05) is 31.2 Å². The number of hydrazine groups is 1. The summed E-state index contributed by atoms with van der Waals surface area (Å²) >= 11 is 0. The third-order valence-electron chi connectivity index (χ3n) is 4.57. The van der Waals surface area contributed by atoms with Crippen LogP contribution in [0.2, 0.25) is 0 Å². The third kappa shape index (κ3) is 3.48. The van der Waals surface area contributed by atoms with E-state index < -0.39 is 0 Å². The SMILES string of the molecule is CCn1c(NNC(=O)CCc2ccc3c(c2)OCO3)nc2ccccc2c1=O. The second-order valence-corrected chi connectivity index (χ2v) is 6.36. The van der Waals surface area contributed by atoms with Crippen molar-refractivity contribution in [2.24, 2.45) is 0 Å². The van der Waals surface area contributed by atoms with Gasteiger partial charge in [-0.05, 0) is 43.2 Å².